The second-order valence-corrected chi connectivity index (χ2v) is 3.30. The molecule has 0 fully saturated rings. The summed E-state index contributed by atoms with van der Waals surface area (Å²) in [5.41, 5.74) is 0.814. The van der Waals surface area contributed by atoms with Gasteiger partial charge >= 0.3 is 0 Å². The number of hydrogen-bond acceptors (Lipinski definition) is 3. The summed E-state index contributed by atoms with van der Waals surface area (Å²) in [5, 5.41) is 14.5. The van der Waals surface area contributed by atoms with Crippen LogP contribution in [0.1, 0.15) is 25.0 Å². The van der Waals surface area contributed by atoms with E-state index in [-0.39, 0.29) is 0 Å². The molecule has 3 nitrogen and oxygen atoms in total. The van der Waals surface area contributed by atoms with Crippen molar-refractivity contribution in [3.8, 4) is 0 Å². The Morgan fingerprint density at radius 1 is 1.62 bits per heavy atom. The molecule has 0 heterocycles. The van der Waals surface area contributed by atoms with Crippen LogP contribution in [0.25, 0.3) is 0 Å². The van der Waals surface area contributed by atoms with Crippen molar-refractivity contribution in [2.24, 2.45) is 5.10 Å². The summed E-state index contributed by atoms with van der Waals surface area (Å²) < 4.78 is 13.6. The Bertz CT molecular complexity index is 385. The van der Waals surface area contributed by atoms with Gasteiger partial charge in [-0.2, -0.15) is 5.10 Å². The quantitative estimate of drug-likeness (QED) is 0.614. The van der Waals surface area contributed by atoms with E-state index in [9.17, 15) is 9.50 Å². The number of benzene rings is 1. The summed E-state index contributed by atoms with van der Waals surface area (Å²) >= 11 is 0. The second kappa shape index (κ2) is 5.42. The number of rotatable bonds is 5. The number of aliphatic hydroxyl groups is 1. The molecule has 0 unspecified atom stereocenters. The van der Waals surface area contributed by atoms with Gasteiger partial charge in [-0.1, -0.05) is 19.6 Å². The van der Waals surface area contributed by atoms with Gasteiger partial charge in [-0.15, -0.1) is 0 Å². The molecule has 0 aliphatic rings. The third-order valence-corrected chi connectivity index (χ3v) is 2.32. The number of anilines is 1. The maximum absolute atomic E-state index is 13.6. The van der Waals surface area contributed by atoms with Crippen molar-refractivity contribution in [1.29, 1.82) is 0 Å². The van der Waals surface area contributed by atoms with Crippen LogP contribution in [0, 0.1) is 5.82 Å². The third-order valence-electron chi connectivity index (χ3n) is 2.32. The standard InChI is InChI=1S/C12H15FN2O/c1-4-12(16)10-7-6-9(8-11(10)13)15(5-2)14-3/h5-8,12,16H,2-4H2,1H3/t12-/m1/s1. The zero-order chi connectivity index (χ0) is 12.1. The normalized spacial score (nSPS) is 11.9. The van der Waals surface area contributed by atoms with Crippen molar-refractivity contribution in [2.45, 2.75) is 19.4 Å². The van der Waals surface area contributed by atoms with Gasteiger partial charge in [0.1, 0.15) is 5.82 Å². The first-order valence-corrected chi connectivity index (χ1v) is 5.00. The van der Waals surface area contributed by atoms with Gasteiger partial charge in [0.25, 0.3) is 0 Å². The van der Waals surface area contributed by atoms with Crippen LogP contribution in [0.4, 0.5) is 10.1 Å². The van der Waals surface area contributed by atoms with Crippen molar-refractivity contribution >= 4 is 12.4 Å². The van der Waals surface area contributed by atoms with Crippen molar-refractivity contribution in [1.82, 2.24) is 0 Å². The van der Waals surface area contributed by atoms with Crippen LogP contribution in [0.2, 0.25) is 0 Å². The molecule has 1 atom stereocenters. The molecular weight excluding hydrogens is 207 g/mol. The molecule has 4 heteroatoms. The third kappa shape index (κ3) is 2.46. The molecule has 0 saturated carbocycles. The minimum Gasteiger partial charge on any atom is -0.388 e. The first-order chi connectivity index (χ1) is 7.63. The first-order valence-electron chi connectivity index (χ1n) is 5.00. The van der Waals surface area contributed by atoms with Crippen LogP contribution >= 0.6 is 0 Å². The highest BCUT2D eigenvalue weighted by molar-refractivity contribution is 5.51. The molecular formula is C12H15FN2O. The Balaban J connectivity index is 3.07. The van der Waals surface area contributed by atoms with Crippen LogP contribution in [-0.4, -0.2) is 11.8 Å². The summed E-state index contributed by atoms with van der Waals surface area (Å²) in [6, 6.07) is 4.50. The van der Waals surface area contributed by atoms with Gasteiger partial charge in [0, 0.05) is 18.5 Å². The van der Waals surface area contributed by atoms with E-state index in [4.69, 9.17) is 0 Å². The lowest BCUT2D eigenvalue weighted by Gasteiger charge is -2.15. The lowest BCUT2D eigenvalue weighted by Crippen LogP contribution is -2.07. The molecule has 0 bridgehead atoms. The molecule has 0 saturated heterocycles. The average molecular weight is 222 g/mol. The molecule has 0 radical (unpaired) electrons. The van der Waals surface area contributed by atoms with Crippen molar-refractivity contribution in [3.05, 3.63) is 42.4 Å². The van der Waals surface area contributed by atoms with Gasteiger partial charge in [0.05, 0.1) is 11.8 Å². The predicted octanol–water partition coefficient (Wildman–Crippen LogP) is 2.83. The summed E-state index contributed by atoms with van der Waals surface area (Å²) in [6.45, 7) is 8.67. The van der Waals surface area contributed by atoms with Crippen molar-refractivity contribution in [3.63, 3.8) is 0 Å². The van der Waals surface area contributed by atoms with Gasteiger partial charge in [0.15, 0.2) is 0 Å². The van der Waals surface area contributed by atoms with Gasteiger partial charge in [0.2, 0.25) is 0 Å². The van der Waals surface area contributed by atoms with Crippen molar-refractivity contribution < 1.29 is 9.50 Å². The Hall–Kier alpha value is -1.68. The monoisotopic (exact) mass is 222 g/mol. The Morgan fingerprint density at radius 2 is 2.31 bits per heavy atom. The van der Waals surface area contributed by atoms with Gasteiger partial charge in [-0.3, -0.25) is 0 Å². The molecule has 0 spiro atoms. The van der Waals surface area contributed by atoms with E-state index in [1.165, 1.54) is 17.3 Å². The Labute approximate surface area is 94.5 Å². The van der Waals surface area contributed by atoms with E-state index in [1.807, 2.05) is 0 Å². The molecule has 0 aliphatic heterocycles. The van der Waals surface area contributed by atoms with E-state index in [2.05, 4.69) is 18.4 Å². The lowest BCUT2D eigenvalue weighted by atomic mass is 10.1. The molecule has 1 aromatic rings. The summed E-state index contributed by atoms with van der Waals surface area (Å²) in [6.07, 6.45) is 1.13. The van der Waals surface area contributed by atoms with E-state index < -0.39 is 11.9 Å². The van der Waals surface area contributed by atoms with E-state index >= 15 is 0 Å². The SMILES string of the molecule is C=CN(N=C)c1ccc([C@H](O)CC)c(F)c1. The zero-order valence-corrected chi connectivity index (χ0v) is 9.23. The lowest BCUT2D eigenvalue weighted by molar-refractivity contribution is 0.169. The van der Waals surface area contributed by atoms with Crippen LogP contribution < -0.4 is 5.01 Å². The Morgan fingerprint density at radius 3 is 2.75 bits per heavy atom. The summed E-state index contributed by atoms with van der Waals surface area (Å²) in [5.74, 6) is -0.456. The second-order valence-electron chi connectivity index (χ2n) is 3.30. The molecule has 1 N–H and O–H groups in total. The molecule has 0 amide bonds. The zero-order valence-electron chi connectivity index (χ0n) is 9.23. The molecule has 0 aromatic heterocycles. The minimum atomic E-state index is -0.775. The molecule has 16 heavy (non-hydrogen) atoms. The molecule has 86 valence electrons. The summed E-state index contributed by atoms with van der Waals surface area (Å²) in [7, 11) is 0. The van der Waals surface area contributed by atoms with Gasteiger partial charge in [-0.05, 0) is 18.6 Å². The van der Waals surface area contributed by atoms with E-state index in [1.54, 1.807) is 19.1 Å². The van der Waals surface area contributed by atoms with Gasteiger partial charge in [-0.25, -0.2) is 9.40 Å². The minimum absolute atomic E-state index is 0.291. The predicted molar refractivity (Wildman–Crippen MR) is 63.9 cm³/mol. The topological polar surface area (TPSA) is 35.8 Å². The van der Waals surface area contributed by atoms with E-state index in [0.29, 0.717) is 17.7 Å². The fourth-order valence-electron chi connectivity index (χ4n) is 1.39. The Kier molecular flexibility index (Phi) is 4.19. The smallest absolute Gasteiger partial charge is 0.131 e. The van der Waals surface area contributed by atoms with E-state index in [0.717, 1.165) is 0 Å². The maximum atomic E-state index is 13.6. The highest BCUT2D eigenvalue weighted by Gasteiger charge is 2.12. The largest absolute Gasteiger partial charge is 0.388 e. The first kappa shape index (κ1) is 12.4. The van der Waals surface area contributed by atoms with Gasteiger partial charge < -0.3 is 5.11 Å². The highest BCUT2D eigenvalue weighted by atomic mass is 19.1. The van der Waals surface area contributed by atoms with Crippen LogP contribution in [-0.2, 0) is 0 Å². The van der Waals surface area contributed by atoms with Crippen LogP contribution in [0.3, 0.4) is 0 Å². The highest BCUT2D eigenvalue weighted by Crippen LogP contribution is 2.24. The average Bonchev–Trinajstić information content (AvgIpc) is 2.30. The fourth-order valence-corrected chi connectivity index (χ4v) is 1.39. The number of hydrazone groups is 1. The summed E-state index contributed by atoms with van der Waals surface area (Å²) in [4.78, 5) is 0. The number of hydrogen-bond donors (Lipinski definition) is 1. The fraction of sp³-hybridized carbons (Fsp3) is 0.250. The maximum Gasteiger partial charge on any atom is 0.131 e. The van der Waals surface area contributed by atoms with Crippen LogP contribution in [0.15, 0.2) is 36.1 Å². The number of aliphatic hydroxyl groups excluding tert-OH is 1. The van der Waals surface area contributed by atoms with Crippen LogP contribution in [0.5, 0.6) is 0 Å². The number of halogens is 1. The molecule has 1 rings (SSSR count). The molecule has 1 aromatic carbocycles. The number of nitrogens with zero attached hydrogens (tertiary/aromatic N) is 2. The molecule has 0 aliphatic carbocycles. The van der Waals surface area contributed by atoms with Crippen molar-refractivity contribution in [2.75, 3.05) is 5.01 Å².